The maximum atomic E-state index is 15.5. The van der Waals surface area contributed by atoms with E-state index in [4.69, 9.17) is 4.74 Å². The van der Waals surface area contributed by atoms with Gasteiger partial charge in [-0.05, 0) is 199 Å². The van der Waals surface area contributed by atoms with Crippen molar-refractivity contribution in [2.45, 2.75) is 125 Å². The molecular formula is C80H90FN13O10S6. The van der Waals surface area contributed by atoms with E-state index < -0.39 is 23.9 Å². The van der Waals surface area contributed by atoms with Gasteiger partial charge in [-0.2, -0.15) is 0 Å². The number of anilines is 3. The van der Waals surface area contributed by atoms with Gasteiger partial charge >= 0.3 is 0 Å². The largest absolute Gasteiger partial charge is 0.496 e. The van der Waals surface area contributed by atoms with E-state index in [1.165, 1.54) is 98.4 Å². The summed E-state index contributed by atoms with van der Waals surface area (Å²) in [4.78, 5) is 151. The van der Waals surface area contributed by atoms with E-state index in [-0.39, 0.29) is 109 Å². The summed E-state index contributed by atoms with van der Waals surface area (Å²) in [6.07, 6.45) is 10.7. The lowest BCUT2D eigenvalue weighted by molar-refractivity contribution is -0.128. The molecule has 6 heterocycles. The zero-order valence-corrected chi connectivity index (χ0v) is 67.7. The van der Waals surface area contributed by atoms with Gasteiger partial charge in [0.25, 0.3) is 23.6 Å². The number of aromatic nitrogens is 3. The zero-order chi connectivity index (χ0) is 78.4. The molecule has 7 aromatic rings. The number of carbonyl (C=O) groups excluding carboxylic acids is 9. The van der Waals surface area contributed by atoms with Crippen molar-refractivity contribution in [3.63, 3.8) is 0 Å². The first kappa shape index (κ1) is 80.5. The summed E-state index contributed by atoms with van der Waals surface area (Å²) in [5.41, 5.74) is 7.22. The summed E-state index contributed by atoms with van der Waals surface area (Å²) in [5, 5.41) is 10.3. The quantitative estimate of drug-likeness (QED) is 0.0449. The number of nitrogens with one attached hydrogen (secondary N) is 3. The molecule has 3 aliphatic heterocycles. The van der Waals surface area contributed by atoms with Crippen LogP contribution in [0.5, 0.6) is 5.75 Å². The lowest BCUT2D eigenvalue weighted by atomic mass is 9.98. The van der Waals surface area contributed by atoms with Gasteiger partial charge in [0.2, 0.25) is 29.5 Å². The highest BCUT2D eigenvalue weighted by Gasteiger charge is 2.45. The number of ether oxygens (including phenoxy) is 1. The molecule has 3 N–H and O–H groups in total. The fourth-order valence-corrected chi connectivity index (χ4v) is 20.5. The highest BCUT2D eigenvalue weighted by molar-refractivity contribution is 8.01. The van der Waals surface area contributed by atoms with Crippen LogP contribution in [0.2, 0.25) is 0 Å². The second-order valence-corrected chi connectivity index (χ2v) is 36.0. The first-order chi connectivity index (χ1) is 52.7. The van der Waals surface area contributed by atoms with Crippen molar-refractivity contribution in [1.29, 1.82) is 0 Å². The Morgan fingerprint density at radius 1 is 0.582 bits per heavy atom. The van der Waals surface area contributed by atoms with E-state index in [1.54, 1.807) is 51.5 Å². The van der Waals surface area contributed by atoms with Crippen LogP contribution in [0.15, 0.2) is 145 Å². The van der Waals surface area contributed by atoms with Gasteiger partial charge in [0.05, 0.1) is 57.0 Å². The Labute approximate surface area is 664 Å². The van der Waals surface area contributed by atoms with Gasteiger partial charge in [-0.3, -0.25) is 48.5 Å². The van der Waals surface area contributed by atoms with Crippen molar-refractivity contribution >= 4 is 138 Å². The van der Waals surface area contributed by atoms with Gasteiger partial charge in [-0.1, -0.05) is 101 Å². The van der Waals surface area contributed by atoms with E-state index in [9.17, 15) is 43.2 Å². The highest BCUT2D eigenvalue weighted by atomic mass is 32.2. The zero-order valence-electron chi connectivity index (χ0n) is 62.8. The number of halogens is 1. The highest BCUT2D eigenvalue weighted by Crippen LogP contribution is 2.49. The topological polar surface area (TPSA) is 260 Å². The normalized spacial score (nSPS) is 19.9. The summed E-state index contributed by atoms with van der Waals surface area (Å²) < 4.78 is 23.7. The minimum Gasteiger partial charge on any atom is -0.496 e. The van der Waals surface area contributed by atoms with E-state index in [0.29, 0.717) is 126 Å². The Kier molecular flexibility index (Phi) is 26.0. The molecule has 2 saturated carbocycles. The molecule has 5 aliphatic rings. The molecule has 110 heavy (non-hydrogen) atoms. The molecule has 2 aliphatic carbocycles. The third kappa shape index (κ3) is 19.5. The van der Waals surface area contributed by atoms with E-state index in [0.717, 1.165) is 57.7 Å². The molecule has 4 aromatic carbocycles. The molecule has 0 spiro atoms. The van der Waals surface area contributed by atoms with Gasteiger partial charge in [0, 0.05) is 114 Å². The molecule has 5 unspecified atom stereocenters. The minimum absolute atomic E-state index is 0.0214. The molecule has 0 bridgehead atoms. The van der Waals surface area contributed by atoms with Crippen molar-refractivity contribution in [1.82, 2.24) is 49.3 Å². The molecular weight excluding hydrogens is 1510 g/mol. The summed E-state index contributed by atoms with van der Waals surface area (Å²) in [6, 6.07) is 18.2. The standard InChI is InChI=1S/C80H90FN13O10S6/c1-12-66(95)89-24-25-92(44-56(81)43-89)77(103)62-36-64(106-70-38-83-78(109-70)85-72(98)51-19-15-18-50(28-51)42-88(9)10)54(33-63(62)104-11)29-52-31-60(52)73(99)86-80-84-39-71(110-80)107-65-34-55(75(101)90-20-16-22-93(47(6)40-90)67(96)13-2)26-46(5)58(65)30-53-32-61(53)74(100)87-79-82-37-69(108-79)105-57-27-45(4)49(8)59(35-57)76(102)91-21-17-23-94(48(7)41-91)68(97)14-3/h12-15,18-19,26-28,33-39,47-48,52-53,56,60-61H,1-3,16-17,20-25,29-32,40-44H2,4-11H3,(H,82,87,100)(H,83,85,98)(H,84,86,99)/t47-,48-,52?,53?,56?,60?,61?/m1/s1. The summed E-state index contributed by atoms with van der Waals surface area (Å²) in [6.45, 7) is 23.9. The number of rotatable bonds is 25. The van der Waals surface area contributed by atoms with E-state index in [2.05, 4.69) is 50.6 Å². The fraction of sp³-hybridized carbons (Fsp3) is 0.400. The number of carbonyl (C=O) groups is 9. The molecule has 12 rings (SSSR count). The fourth-order valence-electron chi connectivity index (χ4n) is 14.4. The number of nitrogens with zero attached hydrogens (tertiary/aromatic N) is 10. The lowest BCUT2D eigenvalue weighted by Crippen LogP contribution is -2.43. The number of aryl methyl sites for hydroxylation is 2. The lowest BCUT2D eigenvalue weighted by Gasteiger charge is -2.28. The van der Waals surface area contributed by atoms with Crippen LogP contribution in [0.3, 0.4) is 0 Å². The Hall–Kier alpha value is -9.04. The number of benzene rings is 4. The van der Waals surface area contributed by atoms with Crippen LogP contribution in [0, 0.1) is 44.4 Å². The van der Waals surface area contributed by atoms with Crippen LogP contribution in [-0.2, 0) is 43.4 Å². The first-order valence-corrected chi connectivity index (χ1v) is 41.5. The maximum Gasteiger partial charge on any atom is 0.257 e. The van der Waals surface area contributed by atoms with Gasteiger partial charge in [-0.25, -0.2) is 19.3 Å². The molecule has 30 heteroatoms. The monoisotopic (exact) mass is 1600 g/mol. The molecule has 0 radical (unpaired) electrons. The minimum atomic E-state index is -1.51. The molecule has 578 valence electrons. The van der Waals surface area contributed by atoms with Crippen molar-refractivity contribution in [2.24, 2.45) is 23.7 Å². The van der Waals surface area contributed by atoms with Crippen LogP contribution < -0.4 is 20.7 Å². The maximum absolute atomic E-state index is 15.5. The van der Waals surface area contributed by atoms with Gasteiger partial charge < -0.3 is 49.7 Å². The summed E-state index contributed by atoms with van der Waals surface area (Å²) in [7, 11) is 5.37. The first-order valence-electron chi connectivity index (χ1n) is 36.6. The molecule has 9 amide bonds. The van der Waals surface area contributed by atoms with Crippen LogP contribution in [0.1, 0.15) is 114 Å². The van der Waals surface area contributed by atoms with Gasteiger partial charge in [0.1, 0.15) is 11.9 Å². The van der Waals surface area contributed by atoms with Crippen molar-refractivity contribution in [2.75, 3.05) is 103 Å². The second kappa shape index (κ2) is 35.5. The molecule has 23 nitrogen and oxygen atoms in total. The van der Waals surface area contributed by atoms with Gasteiger partial charge in [-0.15, -0.1) is 0 Å². The number of hydrogen-bond donors (Lipinski definition) is 3. The molecule has 5 fully saturated rings. The van der Waals surface area contributed by atoms with Crippen LogP contribution in [0.25, 0.3) is 0 Å². The summed E-state index contributed by atoms with van der Waals surface area (Å²) >= 11 is 8.16. The van der Waals surface area contributed by atoms with E-state index in [1.807, 2.05) is 101 Å². The average Bonchev–Trinajstić information content (AvgIpc) is 1.54. The Morgan fingerprint density at radius 2 is 1.12 bits per heavy atom. The van der Waals surface area contributed by atoms with Crippen molar-refractivity contribution < 1.29 is 52.3 Å². The summed E-state index contributed by atoms with van der Waals surface area (Å²) in [5.74, 6) is -2.77. The number of methoxy groups -OCH3 is 1. The Bertz CT molecular complexity index is 4750. The second-order valence-electron chi connectivity index (χ2n) is 28.8. The van der Waals surface area contributed by atoms with Crippen LogP contribution in [-0.4, -0.2) is 207 Å². The molecule has 3 aromatic heterocycles. The van der Waals surface area contributed by atoms with Crippen LogP contribution >= 0.6 is 69.3 Å². The van der Waals surface area contributed by atoms with Crippen LogP contribution in [0.4, 0.5) is 19.8 Å². The molecule has 3 saturated heterocycles. The number of thiazole rings is 3. The third-order valence-electron chi connectivity index (χ3n) is 20.5. The predicted molar refractivity (Wildman–Crippen MR) is 430 cm³/mol. The predicted octanol–water partition coefficient (Wildman–Crippen LogP) is 12.7. The average molecular weight is 1610 g/mol. The molecule has 7 atom stereocenters. The Balaban J connectivity index is 0.730. The van der Waals surface area contributed by atoms with Crippen molar-refractivity contribution in [3.05, 3.63) is 173 Å². The Morgan fingerprint density at radius 3 is 1.71 bits per heavy atom. The van der Waals surface area contributed by atoms with Crippen molar-refractivity contribution in [3.8, 4) is 5.75 Å². The van der Waals surface area contributed by atoms with Gasteiger partial charge in [0.15, 0.2) is 15.4 Å². The third-order valence-corrected chi connectivity index (χ3v) is 26.7. The number of amides is 9. The van der Waals surface area contributed by atoms with E-state index >= 15 is 4.39 Å². The number of alkyl halides is 1. The number of hydrogen-bond acceptors (Lipinski definition) is 20. The SMILES string of the molecule is C=CC(=O)N1CCN(C(=O)c2cc(Sc3cnc(NC(=O)c4cccc(CN(C)C)c4)s3)c(CC3CC3C(=O)Nc3ncc(Sc4cc(C(=O)N5CCCN(C(=O)C=C)[C@H](C)C5)cc(C)c4CC4CC4C(=O)Nc4ncc(Sc5cc(C)c(C)c(C(=O)N6CCCN(C(=O)C=C)[C@H](C)C6)c5)s4)s3)cc2OC)CC(F)C1. The smallest absolute Gasteiger partial charge is 0.257 e.